The van der Waals surface area contributed by atoms with Crippen molar-refractivity contribution >= 4 is 17.5 Å². The largest absolute Gasteiger partial charge is 0.353 e. The van der Waals surface area contributed by atoms with Gasteiger partial charge in [-0.2, -0.15) is 0 Å². The number of non-ortho nitro benzene ring substituents is 1. The third-order valence-corrected chi connectivity index (χ3v) is 3.23. The molecule has 8 nitrogen and oxygen atoms in total. The molecule has 0 saturated carbocycles. The lowest BCUT2D eigenvalue weighted by Gasteiger charge is -2.27. The fourth-order valence-electron chi connectivity index (χ4n) is 2.13. The lowest BCUT2D eigenvalue weighted by molar-refractivity contribution is -0.384. The van der Waals surface area contributed by atoms with Gasteiger partial charge in [-0.15, -0.1) is 0 Å². The maximum atomic E-state index is 12.2. The van der Waals surface area contributed by atoms with Gasteiger partial charge in [0.05, 0.1) is 11.5 Å². The summed E-state index contributed by atoms with van der Waals surface area (Å²) in [7, 11) is 1.62. The average molecular weight is 292 g/mol. The first kappa shape index (κ1) is 14.9. The van der Waals surface area contributed by atoms with Gasteiger partial charge in [-0.1, -0.05) is 12.1 Å². The summed E-state index contributed by atoms with van der Waals surface area (Å²) in [4.78, 5) is 35.0. The van der Waals surface area contributed by atoms with Gasteiger partial charge in [-0.25, -0.2) is 0 Å². The molecule has 1 saturated heterocycles. The number of carbonyl (C=O) groups is 2. The molecular weight excluding hydrogens is 276 g/mol. The zero-order valence-electron chi connectivity index (χ0n) is 11.5. The Morgan fingerprint density at radius 3 is 2.90 bits per heavy atom. The Bertz CT molecular complexity index is 565. The highest BCUT2D eigenvalue weighted by atomic mass is 16.6. The molecule has 1 aromatic rings. The second kappa shape index (κ2) is 6.31. The fraction of sp³-hybridized carbons (Fsp3) is 0.385. The van der Waals surface area contributed by atoms with Crippen LogP contribution in [0.15, 0.2) is 24.3 Å². The monoisotopic (exact) mass is 292 g/mol. The van der Waals surface area contributed by atoms with Crippen molar-refractivity contribution in [1.29, 1.82) is 0 Å². The Labute approximate surface area is 121 Å². The molecule has 0 aromatic heterocycles. The Kier molecular flexibility index (Phi) is 4.49. The van der Waals surface area contributed by atoms with Crippen LogP contribution in [0.3, 0.4) is 0 Å². The summed E-state index contributed by atoms with van der Waals surface area (Å²) >= 11 is 0. The summed E-state index contributed by atoms with van der Waals surface area (Å²) in [5.74, 6) is -0.304. The van der Waals surface area contributed by atoms with E-state index in [9.17, 15) is 19.7 Å². The fourth-order valence-corrected chi connectivity index (χ4v) is 2.13. The molecule has 0 radical (unpaired) electrons. The average Bonchev–Trinajstić information content (AvgIpc) is 2.47. The molecule has 1 aliphatic heterocycles. The molecule has 0 bridgehead atoms. The maximum Gasteiger partial charge on any atom is 0.269 e. The van der Waals surface area contributed by atoms with E-state index in [4.69, 9.17) is 0 Å². The van der Waals surface area contributed by atoms with Gasteiger partial charge in [0.2, 0.25) is 11.8 Å². The van der Waals surface area contributed by atoms with Crippen LogP contribution < -0.4 is 10.6 Å². The highest BCUT2D eigenvalue weighted by Crippen LogP contribution is 2.14. The Hall–Kier alpha value is -2.48. The van der Waals surface area contributed by atoms with Crippen molar-refractivity contribution < 1.29 is 14.5 Å². The lowest BCUT2D eigenvalue weighted by Crippen LogP contribution is -2.58. The zero-order valence-corrected chi connectivity index (χ0v) is 11.5. The number of benzene rings is 1. The molecular formula is C13H16N4O4. The van der Waals surface area contributed by atoms with Gasteiger partial charge in [0.15, 0.2) is 0 Å². The first-order valence-corrected chi connectivity index (χ1v) is 6.46. The van der Waals surface area contributed by atoms with Crippen LogP contribution in [0, 0.1) is 10.1 Å². The molecule has 1 unspecified atom stereocenters. The molecule has 2 amide bonds. The van der Waals surface area contributed by atoms with Gasteiger partial charge in [-0.05, 0) is 5.56 Å². The SMILES string of the molecule is CN(Cc1cccc([N+](=O)[O-])c1)C(=O)C1CNC(=O)CN1. The van der Waals surface area contributed by atoms with Crippen molar-refractivity contribution in [2.45, 2.75) is 12.6 Å². The van der Waals surface area contributed by atoms with Crippen LogP contribution in [-0.2, 0) is 16.1 Å². The van der Waals surface area contributed by atoms with E-state index in [1.807, 2.05) is 0 Å². The van der Waals surface area contributed by atoms with Crippen LogP contribution in [0.1, 0.15) is 5.56 Å². The first-order chi connectivity index (χ1) is 9.97. The smallest absolute Gasteiger partial charge is 0.269 e. The number of likely N-dealkylation sites (N-methyl/N-ethyl adjacent to an activating group) is 1. The molecule has 0 aliphatic carbocycles. The van der Waals surface area contributed by atoms with Crippen molar-refractivity contribution in [2.75, 3.05) is 20.1 Å². The molecule has 1 heterocycles. The highest BCUT2D eigenvalue weighted by Gasteiger charge is 2.26. The number of hydrogen-bond donors (Lipinski definition) is 2. The number of nitrogens with zero attached hydrogens (tertiary/aromatic N) is 2. The number of carbonyl (C=O) groups excluding carboxylic acids is 2. The number of nitrogens with one attached hydrogen (secondary N) is 2. The van der Waals surface area contributed by atoms with E-state index in [1.54, 1.807) is 19.2 Å². The summed E-state index contributed by atoms with van der Waals surface area (Å²) in [6.07, 6.45) is 0. The number of nitro benzene ring substituents is 1. The number of rotatable bonds is 4. The number of amides is 2. The molecule has 1 aromatic carbocycles. The first-order valence-electron chi connectivity index (χ1n) is 6.46. The van der Waals surface area contributed by atoms with E-state index in [-0.39, 0.29) is 37.1 Å². The lowest BCUT2D eigenvalue weighted by atomic mass is 10.1. The van der Waals surface area contributed by atoms with Crippen molar-refractivity contribution in [3.05, 3.63) is 39.9 Å². The minimum absolute atomic E-state index is 0.00333. The van der Waals surface area contributed by atoms with Crippen LogP contribution in [0.2, 0.25) is 0 Å². The van der Waals surface area contributed by atoms with Gasteiger partial charge >= 0.3 is 0 Å². The van der Waals surface area contributed by atoms with E-state index in [2.05, 4.69) is 10.6 Å². The molecule has 21 heavy (non-hydrogen) atoms. The van der Waals surface area contributed by atoms with E-state index in [0.717, 1.165) is 0 Å². The minimum atomic E-state index is -0.469. The van der Waals surface area contributed by atoms with E-state index < -0.39 is 11.0 Å². The second-order valence-electron chi connectivity index (χ2n) is 4.86. The minimum Gasteiger partial charge on any atom is -0.353 e. The molecule has 2 N–H and O–H groups in total. The molecule has 1 aliphatic rings. The van der Waals surface area contributed by atoms with Gasteiger partial charge < -0.3 is 10.2 Å². The van der Waals surface area contributed by atoms with Crippen molar-refractivity contribution in [3.63, 3.8) is 0 Å². The molecule has 1 fully saturated rings. The number of piperazine rings is 1. The van der Waals surface area contributed by atoms with Crippen molar-refractivity contribution in [2.24, 2.45) is 0 Å². The van der Waals surface area contributed by atoms with E-state index in [0.29, 0.717) is 5.56 Å². The van der Waals surface area contributed by atoms with Gasteiger partial charge in [-0.3, -0.25) is 25.0 Å². The molecule has 0 spiro atoms. The predicted molar refractivity (Wildman–Crippen MR) is 74.4 cm³/mol. The third-order valence-electron chi connectivity index (χ3n) is 3.23. The third kappa shape index (κ3) is 3.76. The highest BCUT2D eigenvalue weighted by molar-refractivity contribution is 5.86. The summed E-state index contributed by atoms with van der Waals surface area (Å²) in [6.45, 7) is 0.630. The van der Waals surface area contributed by atoms with Crippen LogP contribution in [0.4, 0.5) is 5.69 Å². The Balaban J connectivity index is 1.98. The summed E-state index contributed by atoms with van der Waals surface area (Å²) in [5.41, 5.74) is 0.677. The molecule has 1 atom stereocenters. The molecule has 2 rings (SSSR count). The standard InChI is InChI=1S/C13H16N4O4/c1-16(13(19)11-6-15-12(18)7-14-11)8-9-3-2-4-10(5-9)17(20)21/h2-5,11,14H,6-8H2,1H3,(H,15,18). The van der Waals surface area contributed by atoms with Crippen LogP contribution in [0.25, 0.3) is 0 Å². The van der Waals surface area contributed by atoms with Crippen LogP contribution >= 0.6 is 0 Å². The zero-order chi connectivity index (χ0) is 15.4. The van der Waals surface area contributed by atoms with Crippen LogP contribution in [-0.4, -0.2) is 47.8 Å². The quantitative estimate of drug-likeness (QED) is 0.582. The topological polar surface area (TPSA) is 105 Å². The van der Waals surface area contributed by atoms with E-state index >= 15 is 0 Å². The van der Waals surface area contributed by atoms with Gasteiger partial charge in [0.1, 0.15) is 6.04 Å². The van der Waals surface area contributed by atoms with Crippen LogP contribution in [0.5, 0.6) is 0 Å². The van der Waals surface area contributed by atoms with Gasteiger partial charge in [0.25, 0.3) is 5.69 Å². The molecule has 112 valence electrons. The van der Waals surface area contributed by atoms with Crippen molar-refractivity contribution in [1.82, 2.24) is 15.5 Å². The Morgan fingerprint density at radius 2 is 2.29 bits per heavy atom. The second-order valence-corrected chi connectivity index (χ2v) is 4.86. The summed E-state index contributed by atoms with van der Waals surface area (Å²) in [5, 5.41) is 16.2. The van der Waals surface area contributed by atoms with Crippen molar-refractivity contribution in [3.8, 4) is 0 Å². The summed E-state index contributed by atoms with van der Waals surface area (Å²) < 4.78 is 0. The molecule has 8 heteroatoms. The maximum absolute atomic E-state index is 12.2. The number of nitro groups is 1. The Morgan fingerprint density at radius 1 is 1.52 bits per heavy atom. The normalized spacial score (nSPS) is 18.0. The van der Waals surface area contributed by atoms with Gasteiger partial charge in [0, 0.05) is 32.3 Å². The summed E-state index contributed by atoms with van der Waals surface area (Å²) in [6, 6.07) is 5.70. The number of hydrogen-bond acceptors (Lipinski definition) is 5. The van der Waals surface area contributed by atoms with E-state index in [1.165, 1.54) is 17.0 Å². The predicted octanol–water partition coefficient (Wildman–Crippen LogP) is -0.359.